The maximum Gasteiger partial charge on any atom is 0.230 e. The molecule has 0 unspecified atom stereocenters. The quantitative estimate of drug-likeness (QED) is 0.481. The molecular weight excluding hydrogens is 152 g/mol. The molecule has 0 rings (SSSR count). The zero-order chi connectivity index (χ0) is 9.61. The number of nitrogens with one attached hydrogen (secondary N) is 2. The lowest BCUT2D eigenvalue weighted by atomic mass is 9.90. The molecular formula is C9H18N2O. The summed E-state index contributed by atoms with van der Waals surface area (Å²) in [5.41, 5.74) is 5.54. The van der Waals surface area contributed by atoms with Gasteiger partial charge in [-0.2, -0.15) is 0 Å². The normalized spacial score (nSPS) is 10.9. The van der Waals surface area contributed by atoms with Crippen molar-refractivity contribution in [3.8, 4) is 0 Å². The second-order valence-electron chi connectivity index (χ2n) is 3.69. The van der Waals surface area contributed by atoms with Crippen molar-refractivity contribution < 1.29 is 4.79 Å². The van der Waals surface area contributed by atoms with Gasteiger partial charge in [0.1, 0.15) is 0 Å². The molecule has 0 aliphatic carbocycles. The molecule has 1 amide bonds. The van der Waals surface area contributed by atoms with E-state index in [9.17, 15) is 4.79 Å². The van der Waals surface area contributed by atoms with E-state index in [1.807, 2.05) is 6.08 Å². The number of carbonyl (C=O) groups is 1. The summed E-state index contributed by atoms with van der Waals surface area (Å²) in [6.07, 6.45) is 2.81. The maximum absolute atomic E-state index is 10.5. The van der Waals surface area contributed by atoms with Gasteiger partial charge in [-0.3, -0.25) is 10.2 Å². The lowest BCUT2D eigenvalue weighted by Crippen LogP contribution is -2.41. The fourth-order valence-corrected chi connectivity index (χ4v) is 0.871. The first-order valence-electron chi connectivity index (χ1n) is 4.08. The van der Waals surface area contributed by atoms with Crippen LogP contribution in [0.2, 0.25) is 0 Å². The van der Waals surface area contributed by atoms with E-state index in [0.717, 1.165) is 13.0 Å². The monoisotopic (exact) mass is 170 g/mol. The number of hydrogen-bond donors (Lipinski definition) is 2. The molecule has 0 aromatic rings. The van der Waals surface area contributed by atoms with Gasteiger partial charge in [-0.15, -0.1) is 6.58 Å². The fraction of sp³-hybridized carbons (Fsp3) is 0.667. The average molecular weight is 170 g/mol. The second-order valence-corrected chi connectivity index (χ2v) is 3.69. The Labute approximate surface area is 74.2 Å². The van der Waals surface area contributed by atoms with Gasteiger partial charge in [0.2, 0.25) is 5.91 Å². The molecule has 3 heteroatoms. The number of allylic oxidation sites excluding steroid dienone is 1. The molecule has 0 heterocycles. The number of carbonyl (C=O) groups excluding carboxylic acids is 1. The molecule has 0 fully saturated rings. The van der Waals surface area contributed by atoms with Crippen LogP contribution in [-0.2, 0) is 4.79 Å². The van der Waals surface area contributed by atoms with Crippen molar-refractivity contribution in [1.82, 2.24) is 10.9 Å². The third-order valence-corrected chi connectivity index (χ3v) is 1.53. The highest BCUT2D eigenvalue weighted by Crippen LogP contribution is 2.18. The Morgan fingerprint density at radius 1 is 1.58 bits per heavy atom. The predicted octanol–water partition coefficient (Wildman–Crippen LogP) is 1.23. The minimum atomic E-state index is -0.0654. The van der Waals surface area contributed by atoms with Crippen LogP contribution in [0.25, 0.3) is 0 Å². The maximum atomic E-state index is 10.5. The Morgan fingerprint density at radius 3 is 2.58 bits per heavy atom. The molecule has 0 aliphatic rings. The molecule has 12 heavy (non-hydrogen) atoms. The van der Waals surface area contributed by atoms with Crippen molar-refractivity contribution >= 4 is 5.91 Å². The van der Waals surface area contributed by atoms with Gasteiger partial charge >= 0.3 is 0 Å². The van der Waals surface area contributed by atoms with Crippen LogP contribution in [0.4, 0.5) is 0 Å². The first kappa shape index (κ1) is 11.2. The van der Waals surface area contributed by atoms with Gasteiger partial charge in [0.05, 0.1) is 0 Å². The highest BCUT2D eigenvalue weighted by atomic mass is 16.2. The zero-order valence-electron chi connectivity index (χ0n) is 8.11. The van der Waals surface area contributed by atoms with Gasteiger partial charge in [0.25, 0.3) is 0 Å². The van der Waals surface area contributed by atoms with E-state index in [4.69, 9.17) is 0 Å². The van der Waals surface area contributed by atoms with E-state index >= 15 is 0 Å². The van der Waals surface area contributed by atoms with Gasteiger partial charge in [-0.05, 0) is 11.8 Å². The van der Waals surface area contributed by atoms with Crippen LogP contribution in [-0.4, -0.2) is 12.5 Å². The summed E-state index contributed by atoms with van der Waals surface area (Å²) in [4.78, 5) is 10.5. The lowest BCUT2D eigenvalue weighted by Gasteiger charge is -2.23. The second kappa shape index (κ2) is 4.93. The van der Waals surface area contributed by atoms with E-state index in [-0.39, 0.29) is 11.3 Å². The van der Waals surface area contributed by atoms with Crippen LogP contribution in [0.5, 0.6) is 0 Å². The molecule has 3 nitrogen and oxygen atoms in total. The first-order chi connectivity index (χ1) is 5.48. The van der Waals surface area contributed by atoms with Crippen LogP contribution in [0.3, 0.4) is 0 Å². The highest BCUT2D eigenvalue weighted by Gasteiger charge is 2.14. The van der Waals surface area contributed by atoms with Crippen molar-refractivity contribution in [2.45, 2.75) is 27.2 Å². The Hall–Kier alpha value is -0.830. The minimum absolute atomic E-state index is 0.0654. The molecule has 0 aromatic carbocycles. The smallest absolute Gasteiger partial charge is 0.230 e. The van der Waals surface area contributed by atoms with Crippen LogP contribution in [0.15, 0.2) is 12.7 Å². The van der Waals surface area contributed by atoms with Crippen molar-refractivity contribution in [3.63, 3.8) is 0 Å². The molecule has 0 saturated carbocycles. The van der Waals surface area contributed by atoms with Crippen molar-refractivity contribution in [2.24, 2.45) is 5.41 Å². The molecule has 0 spiro atoms. The fourth-order valence-electron chi connectivity index (χ4n) is 0.871. The summed E-state index contributed by atoms with van der Waals surface area (Å²) in [5, 5.41) is 0. The first-order valence-corrected chi connectivity index (χ1v) is 4.08. The summed E-state index contributed by atoms with van der Waals surface area (Å²) in [6, 6.07) is 0. The van der Waals surface area contributed by atoms with E-state index in [1.54, 1.807) is 0 Å². The molecule has 0 atom stereocenters. The molecule has 0 aromatic heterocycles. The summed E-state index contributed by atoms with van der Waals surface area (Å²) < 4.78 is 0. The van der Waals surface area contributed by atoms with Gasteiger partial charge in [0.15, 0.2) is 0 Å². The van der Waals surface area contributed by atoms with E-state index in [0.29, 0.717) is 0 Å². The Kier molecular flexibility index (Phi) is 4.59. The van der Waals surface area contributed by atoms with E-state index in [2.05, 4.69) is 31.3 Å². The summed E-state index contributed by atoms with van der Waals surface area (Å²) in [7, 11) is 0. The SMILES string of the molecule is C=CCC(C)(C)CNNC(C)=O. The Balaban J connectivity index is 3.60. The highest BCUT2D eigenvalue weighted by molar-refractivity contribution is 5.72. The lowest BCUT2D eigenvalue weighted by molar-refractivity contribution is -0.120. The molecule has 0 saturated heterocycles. The van der Waals surface area contributed by atoms with E-state index < -0.39 is 0 Å². The van der Waals surface area contributed by atoms with Gasteiger partial charge in [0, 0.05) is 13.5 Å². The molecule has 0 bridgehead atoms. The number of rotatable bonds is 5. The zero-order valence-corrected chi connectivity index (χ0v) is 8.11. The Morgan fingerprint density at radius 2 is 2.17 bits per heavy atom. The topological polar surface area (TPSA) is 41.1 Å². The summed E-state index contributed by atoms with van der Waals surface area (Å²) in [6.45, 7) is 10.1. The van der Waals surface area contributed by atoms with Gasteiger partial charge in [-0.25, -0.2) is 5.43 Å². The van der Waals surface area contributed by atoms with Gasteiger partial charge in [-0.1, -0.05) is 19.9 Å². The largest absolute Gasteiger partial charge is 0.292 e. The summed E-state index contributed by atoms with van der Waals surface area (Å²) in [5.74, 6) is -0.0654. The standard InChI is InChI=1S/C9H18N2O/c1-5-6-9(3,4)7-10-11-8(2)12/h5,10H,1,6-7H2,2-4H3,(H,11,12). The van der Waals surface area contributed by atoms with Crippen LogP contribution >= 0.6 is 0 Å². The van der Waals surface area contributed by atoms with Crippen molar-refractivity contribution in [2.75, 3.05) is 6.54 Å². The van der Waals surface area contributed by atoms with Gasteiger partial charge < -0.3 is 0 Å². The number of hydrogen-bond acceptors (Lipinski definition) is 2. The summed E-state index contributed by atoms with van der Waals surface area (Å²) >= 11 is 0. The minimum Gasteiger partial charge on any atom is -0.292 e. The third-order valence-electron chi connectivity index (χ3n) is 1.53. The van der Waals surface area contributed by atoms with Crippen molar-refractivity contribution in [1.29, 1.82) is 0 Å². The molecule has 0 aliphatic heterocycles. The van der Waals surface area contributed by atoms with Crippen LogP contribution in [0, 0.1) is 5.41 Å². The number of amides is 1. The third kappa shape index (κ3) is 5.92. The number of hydrazine groups is 1. The predicted molar refractivity (Wildman–Crippen MR) is 50.4 cm³/mol. The molecule has 2 N–H and O–H groups in total. The molecule has 70 valence electrons. The van der Waals surface area contributed by atoms with Crippen LogP contribution in [0.1, 0.15) is 27.2 Å². The van der Waals surface area contributed by atoms with Crippen LogP contribution < -0.4 is 10.9 Å². The Bertz CT molecular complexity index is 164. The van der Waals surface area contributed by atoms with E-state index in [1.165, 1.54) is 6.92 Å². The average Bonchev–Trinajstić information content (AvgIpc) is 1.85. The molecule has 0 radical (unpaired) electrons. The van der Waals surface area contributed by atoms with Crippen molar-refractivity contribution in [3.05, 3.63) is 12.7 Å².